The van der Waals surface area contributed by atoms with E-state index in [9.17, 15) is 9.18 Å². The Bertz CT molecular complexity index is 422. The van der Waals surface area contributed by atoms with E-state index in [1.54, 1.807) is 14.2 Å². The van der Waals surface area contributed by atoms with Crippen molar-refractivity contribution in [3.05, 3.63) is 35.6 Å². The molecule has 21 heavy (non-hydrogen) atoms. The summed E-state index contributed by atoms with van der Waals surface area (Å²) in [5, 5.41) is 0. The van der Waals surface area contributed by atoms with E-state index < -0.39 is 0 Å². The number of hydrogen-bond acceptors (Lipinski definition) is 4. The fraction of sp³-hybridized carbons (Fsp3) is 0.562. The quantitative estimate of drug-likeness (QED) is 0.622. The highest BCUT2D eigenvalue weighted by Gasteiger charge is 2.15. The highest BCUT2D eigenvalue weighted by atomic mass is 19.1. The fourth-order valence-corrected chi connectivity index (χ4v) is 2.13. The van der Waals surface area contributed by atoms with Gasteiger partial charge in [-0.3, -0.25) is 9.69 Å². The lowest BCUT2D eigenvalue weighted by atomic mass is 10.1. The monoisotopic (exact) mass is 297 g/mol. The standard InChI is InChI=1S/C16H24FNO3/c1-13(12-21-3)18(10-11-20-2)9-8-16(19)14-4-6-15(17)7-5-14/h4-7,13H,8-12H2,1-3H3. The van der Waals surface area contributed by atoms with Crippen molar-refractivity contribution in [1.29, 1.82) is 0 Å². The van der Waals surface area contributed by atoms with Crippen molar-refractivity contribution in [1.82, 2.24) is 4.90 Å². The summed E-state index contributed by atoms with van der Waals surface area (Å²) in [7, 11) is 3.32. The molecule has 0 fully saturated rings. The lowest BCUT2D eigenvalue weighted by molar-refractivity contribution is 0.0703. The van der Waals surface area contributed by atoms with Gasteiger partial charge in [-0.25, -0.2) is 4.39 Å². The summed E-state index contributed by atoms with van der Waals surface area (Å²) in [6.07, 6.45) is 0.392. The number of nitrogens with zero attached hydrogens (tertiary/aromatic N) is 1. The summed E-state index contributed by atoms with van der Waals surface area (Å²) < 4.78 is 23.1. The molecule has 0 radical (unpaired) electrons. The normalized spacial score (nSPS) is 12.6. The Morgan fingerprint density at radius 2 is 1.86 bits per heavy atom. The second kappa shape index (κ2) is 9.60. The van der Waals surface area contributed by atoms with Crippen LogP contribution in [0.4, 0.5) is 4.39 Å². The molecule has 0 saturated heterocycles. The van der Waals surface area contributed by atoms with Gasteiger partial charge in [0.05, 0.1) is 13.2 Å². The summed E-state index contributed by atoms with van der Waals surface area (Å²) in [4.78, 5) is 14.3. The Kier molecular flexibility index (Phi) is 8.12. The Morgan fingerprint density at radius 1 is 1.19 bits per heavy atom. The number of Topliss-reactive ketones (excluding diaryl/α,β-unsaturated/α-hetero) is 1. The van der Waals surface area contributed by atoms with Crippen LogP contribution in [-0.2, 0) is 9.47 Å². The minimum absolute atomic E-state index is 0.0158. The molecular weight excluding hydrogens is 273 g/mol. The number of carbonyl (C=O) groups is 1. The zero-order chi connectivity index (χ0) is 15.7. The van der Waals surface area contributed by atoms with Gasteiger partial charge in [0, 0.05) is 45.3 Å². The average Bonchev–Trinajstić information content (AvgIpc) is 2.48. The third kappa shape index (κ3) is 6.33. The molecule has 0 N–H and O–H groups in total. The number of methoxy groups -OCH3 is 2. The van der Waals surface area contributed by atoms with Crippen LogP contribution in [-0.4, -0.2) is 57.2 Å². The van der Waals surface area contributed by atoms with Gasteiger partial charge in [-0.2, -0.15) is 0 Å². The minimum atomic E-state index is -0.331. The van der Waals surface area contributed by atoms with Crippen LogP contribution in [0.15, 0.2) is 24.3 Å². The Hall–Kier alpha value is -1.30. The first kappa shape index (κ1) is 17.8. The molecule has 1 aromatic rings. The van der Waals surface area contributed by atoms with E-state index in [4.69, 9.17) is 9.47 Å². The average molecular weight is 297 g/mol. The van der Waals surface area contributed by atoms with Crippen molar-refractivity contribution in [2.75, 3.05) is 40.5 Å². The molecule has 0 saturated carbocycles. The lowest BCUT2D eigenvalue weighted by Gasteiger charge is -2.28. The zero-order valence-corrected chi connectivity index (χ0v) is 13.0. The minimum Gasteiger partial charge on any atom is -0.383 e. The predicted octanol–water partition coefficient (Wildman–Crippen LogP) is 2.38. The van der Waals surface area contributed by atoms with Crippen LogP contribution in [0.5, 0.6) is 0 Å². The first-order valence-corrected chi connectivity index (χ1v) is 7.09. The molecule has 1 atom stereocenters. The summed E-state index contributed by atoms with van der Waals surface area (Å²) in [5.74, 6) is -0.316. The maximum atomic E-state index is 12.8. The van der Waals surface area contributed by atoms with E-state index in [2.05, 4.69) is 11.8 Å². The summed E-state index contributed by atoms with van der Waals surface area (Å²) >= 11 is 0. The van der Waals surface area contributed by atoms with Crippen LogP contribution in [0, 0.1) is 5.82 Å². The van der Waals surface area contributed by atoms with Crippen LogP contribution >= 0.6 is 0 Å². The Balaban J connectivity index is 2.54. The van der Waals surface area contributed by atoms with Crippen molar-refractivity contribution < 1.29 is 18.7 Å². The fourth-order valence-electron chi connectivity index (χ4n) is 2.13. The summed E-state index contributed by atoms with van der Waals surface area (Å²) in [6.45, 7) is 4.65. The highest BCUT2D eigenvalue weighted by molar-refractivity contribution is 5.96. The van der Waals surface area contributed by atoms with Gasteiger partial charge >= 0.3 is 0 Å². The van der Waals surface area contributed by atoms with Gasteiger partial charge in [0.1, 0.15) is 5.82 Å². The Morgan fingerprint density at radius 3 is 2.43 bits per heavy atom. The smallest absolute Gasteiger partial charge is 0.164 e. The van der Waals surface area contributed by atoms with Gasteiger partial charge < -0.3 is 9.47 Å². The van der Waals surface area contributed by atoms with Crippen LogP contribution in [0.1, 0.15) is 23.7 Å². The van der Waals surface area contributed by atoms with Crippen LogP contribution in [0.3, 0.4) is 0 Å². The largest absolute Gasteiger partial charge is 0.383 e. The SMILES string of the molecule is COCCN(CCC(=O)c1ccc(F)cc1)C(C)COC. The third-order valence-electron chi connectivity index (χ3n) is 3.41. The molecule has 0 spiro atoms. The molecule has 0 amide bonds. The Labute approximate surface area is 125 Å². The predicted molar refractivity (Wildman–Crippen MR) is 80.1 cm³/mol. The molecule has 1 aromatic carbocycles. The topological polar surface area (TPSA) is 38.8 Å². The number of rotatable bonds is 10. The maximum absolute atomic E-state index is 12.8. The van der Waals surface area contributed by atoms with Crippen molar-refractivity contribution in [2.24, 2.45) is 0 Å². The number of carbonyl (C=O) groups excluding carboxylic acids is 1. The molecule has 0 heterocycles. The van der Waals surface area contributed by atoms with Crippen LogP contribution in [0.25, 0.3) is 0 Å². The molecule has 4 nitrogen and oxygen atoms in total. The van der Waals surface area contributed by atoms with E-state index in [1.807, 2.05) is 0 Å². The van der Waals surface area contributed by atoms with Gasteiger partial charge in [-0.1, -0.05) is 0 Å². The number of hydrogen-bond donors (Lipinski definition) is 0. The van der Waals surface area contributed by atoms with Crippen LogP contribution < -0.4 is 0 Å². The van der Waals surface area contributed by atoms with Gasteiger partial charge in [0.2, 0.25) is 0 Å². The van der Waals surface area contributed by atoms with Gasteiger partial charge in [-0.15, -0.1) is 0 Å². The molecule has 0 aliphatic heterocycles. The molecule has 5 heteroatoms. The first-order chi connectivity index (χ1) is 10.1. The molecular formula is C16H24FNO3. The summed E-state index contributed by atoms with van der Waals surface area (Å²) in [6, 6.07) is 5.88. The van der Waals surface area contributed by atoms with Gasteiger partial charge in [0.15, 0.2) is 5.78 Å². The zero-order valence-electron chi connectivity index (χ0n) is 13.0. The molecule has 118 valence electrons. The molecule has 1 rings (SSSR count). The van der Waals surface area contributed by atoms with Gasteiger partial charge in [0.25, 0.3) is 0 Å². The molecule has 0 aliphatic carbocycles. The molecule has 0 aromatic heterocycles. The van der Waals surface area contributed by atoms with E-state index in [0.29, 0.717) is 31.7 Å². The lowest BCUT2D eigenvalue weighted by Crippen LogP contribution is -2.39. The second-order valence-corrected chi connectivity index (χ2v) is 5.01. The summed E-state index contributed by atoms with van der Waals surface area (Å²) in [5.41, 5.74) is 0.544. The van der Waals surface area contributed by atoms with Gasteiger partial charge in [-0.05, 0) is 31.2 Å². The van der Waals surface area contributed by atoms with Crippen molar-refractivity contribution in [3.8, 4) is 0 Å². The number of benzene rings is 1. The molecule has 0 bridgehead atoms. The van der Waals surface area contributed by atoms with E-state index in [-0.39, 0.29) is 17.6 Å². The van der Waals surface area contributed by atoms with E-state index in [0.717, 1.165) is 6.54 Å². The van der Waals surface area contributed by atoms with Crippen molar-refractivity contribution in [2.45, 2.75) is 19.4 Å². The number of ether oxygens (including phenoxy) is 2. The molecule has 1 unspecified atom stereocenters. The van der Waals surface area contributed by atoms with Crippen molar-refractivity contribution >= 4 is 5.78 Å². The molecule has 0 aliphatic rings. The van der Waals surface area contributed by atoms with Crippen LogP contribution in [0.2, 0.25) is 0 Å². The van der Waals surface area contributed by atoms with E-state index in [1.165, 1.54) is 24.3 Å². The van der Waals surface area contributed by atoms with Crippen molar-refractivity contribution in [3.63, 3.8) is 0 Å². The maximum Gasteiger partial charge on any atom is 0.164 e. The first-order valence-electron chi connectivity index (χ1n) is 7.09. The second-order valence-electron chi connectivity index (χ2n) is 5.01. The number of ketones is 1. The van der Waals surface area contributed by atoms with E-state index >= 15 is 0 Å². The number of halogens is 1. The third-order valence-corrected chi connectivity index (χ3v) is 3.41. The highest BCUT2D eigenvalue weighted by Crippen LogP contribution is 2.08.